The largest absolute Gasteiger partial charge is 0.573 e. The number of hydrogen-bond acceptors (Lipinski definition) is 5. The molecule has 11 heteroatoms. The van der Waals surface area contributed by atoms with Gasteiger partial charge in [-0.2, -0.15) is 4.98 Å². The van der Waals surface area contributed by atoms with Crippen molar-refractivity contribution >= 4 is 35.6 Å². The predicted octanol–water partition coefficient (Wildman–Crippen LogP) is 3.68. The highest BCUT2D eigenvalue weighted by molar-refractivity contribution is 14.0. The fourth-order valence-electron chi connectivity index (χ4n) is 1.80. The standard InChI is InChI=1S/C15H18F3N5O2.HI/c1-9(2)13-22-12(25-23-13)7-8-20-14(19)21-10-3-5-11(6-4-10)24-15(16,17)18;/h3-6,9H,7-8H2,1-2H3,(H3,19,20,21);1H. The van der Waals surface area contributed by atoms with Crippen LogP contribution in [0.2, 0.25) is 0 Å². The van der Waals surface area contributed by atoms with Gasteiger partial charge in [-0.3, -0.25) is 4.99 Å². The molecule has 0 saturated heterocycles. The number of anilines is 1. The molecule has 2 rings (SSSR count). The molecule has 0 aliphatic carbocycles. The van der Waals surface area contributed by atoms with Crippen LogP contribution in [0.15, 0.2) is 33.8 Å². The number of aliphatic imine (C=N–C) groups is 1. The molecule has 0 aliphatic heterocycles. The first-order chi connectivity index (χ1) is 11.7. The molecule has 1 heterocycles. The van der Waals surface area contributed by atoms with Crippen molar-refractivity contribution in [1.29, 1.82) is 0 Å². The molecule has 7 nitrogen and oxygen atoms in total. The van der Waals surface area contributed by atoms with Crippen molar-refractivity contribution in [3.63, 3.8) is 0 Å². The summed E-state index contributed by atoms with van der Waals surface area (Å²) in [5.41, 5.74) is 6.21. The number of guanidine groups is 1. The van der Waals surface area contributed by atoms with Crippen LogP contribution in [-0.4, -0.2) is 29.0 Å². The summed E-state index contributed by atoms with van der Waals surface area (Å²) in [6, 6.07) is 5.15. The molecule has 0 fully saturated rings. The first kappa shape index (κ1) is 22.0. The number of nitrogens with zero attached hydrogens (tertiary/aromatic N) is 3. The van der Waals surface area contributed by atoms with E-state index in [0.717, 1.165) is 0 Å². The molecule has 0 unspecified atom stereocenters. The van der Waals surface area contributed by atoms with Crippen LogP contribution in [-0.2, 0) is 6.42 Å². The monoisotopic (exact) mass is 485 g/mol. The van der Waals surface area contributed by atoms with E-state index in [1.807, 2.05) is 13.8 Å². The van der Waals surface area contributed by atoms with E-state index in [1.54, 1.807) is 0 Å². The number of nitrogens with one attached hydrogen (secondary N) is 1. The molecule has 0 amide bonds. The van der Waals surface area contributed by atoms with E-state index in [1.165, 1.54) is 24.3 Å². The first-order valence-corrected chi connectivity index (χ1v) is 7.48. The zero-order valence-electron chi connectivity index (χ0n) is 14.1. The van der Waals surface area contributed by atoms with Crippen molar-refractivity contribution in [3.05, 3.63) is 36.0 Å². The summed E-state index contributed by atoms with van der Waals surface area (Å²) in [4.78, 5) is 8.31. The summed E-state index contributed by atoms with van der Waals surface area (Å²) in [5, 5.41) is 6.61. The van der Waals surface area contributed by atoms with Crippen LogP contribution in [0.3, 0.4) is 0 Å². The highest BCUT2D eigenvalue weighted by Crippen LogP contribution is 2.23. The maximum atomic E-state index is 12.1. The average Bonchev–Trinajstić information content (AvgIpc) is 2.97. The maximum absolute atomic E-state index is 12.1. The second-order valence-electron chi connectivity index (χ2n) is 5.42. The van der Waals surface area contributed by atoms with Crippen LogP contribution in [0.25, 0.3) is 0 Å². The normalized spacial score (nSPS) is 12.0. The third-order valence-corrected chi connectivity index (χ3v) is 2.97. The molecule has 1 aromatic heterocycles. The lowest BCUT2D eigenvalue weighted by Crippen LogP contribution is -2.23. The Bertz CT molecular complexity index is 717. The molecule has 0 aliphatic rings. The molecule has 144 valence electrons. The van der Waals surface area contributed by atoms with Gasteiger partial charge in [0, 0.05) is 18.0 Å². The van der Waals surface area contributed by atoms with E-state index in [2.05, 4.69) is 25.2 Å². The Morgan fingerprint density at radius 1 is 1.31 bits per heavy atom. The summed E-state index contributed by atoms with van der Waals surface area (Å²) >= 11 is 0. The Hall–Kier alpha value is -2.05. The molecule has 0 spiro atoms. The van der Waals surface area contributed by atoms with Gasteiger partial charge in [0.25, 0.3) is 0 Å². The molecule has 0 saturated carbocycles. The number of ether oxygens (including phenoxy) is 1. The Morgan fingerprint density at radius 2 is 1.96 bits per heavy atom. The van der Waals surface area contributed by atoms with Crippen LogP contribution in [0.5, 0.6) is 5.75 Å². The van der Waals surface area contributed by atoms with Gasteiger partial charge in [0.05, 0.1) is 6.54 Å². The van der Waals surface area contributed by atoms with Gasteiger partial charge < -0.3 is 20.3 Å². The zero-order valence-corrected chi connectivity index (χ0v) is 16.4. The fraction of sp³-hybridized carbons (Fsp3) is 0.400. The molecular weight excluding hydrogens is 466 g/mol. The van der Waals surface area contributed by atoms with Gasteiger partial charge in [-0.25, -0.2) is 0 Å². The van der Waals surface area contributed by atoms with Crippen molar-refractivity contribution in [2.45, 2.75) is 32.5 Å². The lowest BCUT2D eigenvalue weighted by Gasteiger charge is -2.10. The molecule has 3 N–H and O–H groups in total. The van der Waals surface area contributed by atoms with Crippen molar-refractivity contribution in [2.75, 3.05) is 11.9 Å². The van der Waals surface area contributed by atoms with Crippen molar-refractivity contribution in [2.24, 2.45) is 10.7 Å². The number of hydrogen-bond donors (Lipinski definition) is 2. The van der Waals surface area contributed by atoms with E-state index in [4.69, 9.17) is 10.3 Å². The van der Waals surface area contributed by atoms with E-state index in [-0.39, 0.29) is 41.6 Å². The van der Waals surface area contributed by atoms with E-state index in [0.29, 0.717) is 30.4 Å². The third kappa shape index (κ3) is 7.45. The van der Waals surface area contributed by atoms with Crippen LogP contribution in [0, 0.1) is 0 Å². The molecule has 0 atom stereocenters. The van der Waals surface area contributed by atoms with Crippen LogP contribution in [0.1, 0.15) is 31.5 Å². The lowest BCUT2D eigenvalue weighted by molar-refractivity contribution is -0.274. The third-order valence-electron chi connectivity index (χ3n) is 2.97. The number of aromatic nitrogens is 2. The summed E-state index contributed by atoms with van der Waals surface area (Å²) in [6.45, 7) is 4.24. The van der Waals surface area contributed by atoms with E-state index in [9.17, 15) is 13.2 Å². The smallest absolute Gasteiger partial charge is 0.406 e. The van der Waals surface area contributed by atoms with Gasteiger partial charge in [-0.1, -0.05) is 19.0 Å². The van der Waals surface area contributed by atoms with E-state index < -0.39 is 6.36 Å². The molecule has 1 aromatic carbocycles. The minimum atomic E-state index is -4.72. The Labute approximate surface area is 165 Å². The molecule has 0 radical (unpaired) electrons. The maximum Gasteiger partial charge on any atom is 0.573 e. The van der Waals surface area contributed by atoms with Gasteiger partial charge in [-0.15, -0.1) is 37.1 Å². The average molecular weight is 485 g/mol. The van der Waals surface area contributed by atoms with Crippen molar-refractivity contribution < 1.29 is 22.4 Å². The number of benzene rings is 1. The second-order valence-corrected chi connectivity index (χ2v) is 5.42. The first-order valence-electron chi connectivity index (χ1n) is 7.48. The Morgan fingerprint density at radius 3 is 2.50 bits per heavy atom. The number of halogens is 4. The minimum absolute atomic E-state index is 0. The second kappa shape index (κ2) is 9.59. The van der Waals surface area contributed by atoms with Gasteiger partial charge in [0.1, 0.15) is 5.75 Å². The Balaban J connectivity index is 0.00000338. The van der Waals surface area contributed by atoms with Gasteiger partial charge in [0.15, 0.2) is 11.8 Å². The van der Waals surface area contributed by atoms with Gasteiger partial charge in [0.2, 0.25) is 5.89 Å². The highest BCUT2D eigenvalue weighted by Gasteiger charge is 2.30. The summed E-state index contributed by atoms with van der Waals surface area (Å²) < 4.78 is 45.1. The molecule has 26 heavy (non-hydrogen) atoms. The Kier molecular flexibility index (Phi) is 8.11. The molecule has 0 bridgehead atoms. The quantitative estimate of drug-likeness (QED) is 0.368. The number of alkyl halides is 3. The number of nitrogens with two attached hydrogens (primary N) is 1. The number of rotatable bonds is 6. The van der Waals surface area contributed by atoms with Crippen LogP contribution < -0.4 is 15.8 Å². The van der Waals surface area contributed by atoms with Crippen LogP contribution in [0.4, 0.5) is 18.9 Å². The summed E-state index contributed by atoms with van der Waals surface area (Å²) in [6.07, 6.45) is -4.29. The topological polar surface area (TPSA) is 98.6 Å². The SMILES string of the molecule is CC(C)c1noc(CCN=C(N)Nc2ccc(OC(F)(F)F)cc2)n1.I. The predicted molar refractivity (Wildman–Crippen MR) is 101 cm³/mol. The van der Waals surface area contributed by atoms with E-state index >= 15 is 0 Å². The van der Waals surface area contributed by atoms with Crippen LogP contribution >= 0.6 is 24.0 Å². The summed E-state index contributed by atoms with van der Waals surface area (Å²) in [7, 11) is 0. The van der Waals surface area contributed by atoms with Crippen molar-refractivity contribution in [1.82, 2.24) is 10.1 Å². The fourth-order valence-corrected chi connectivity index (χ4v) is 1.80. The zero-order chi connectivity index (χ0) is 18.4. The summed E-state index contributed by atoms with van der Waals surface area (Å²) in [5.74, 6) is 1.08. The van der Waals surface area contributed by atoms with Gasteiger partial charge in [-0.05, 0) is 24.3 Å². The highest BCUT2D eigenvalue weighted by atomic mass is 127. The molecule has 2 aromatic rings. The van der Waals surface area contributed by atoms with Crippen molar-refractivity contribution in [3.8, 4) is 5.75 Å². The molecular formula is C15H19F3IN5O2. The minimum Gasteiger partial charge on any atom is -0.406 e. The lowest BCUT2D eigenvalue weighted by atomic mass is 10.2. The van der Waals surface area contributed by atoms with Gasteiger partial charge >= 0.3 is 6.36 Å².